The van der Waals surface area contributed by atoms with Crippen molar-refractivity contribution < 1.29 is 14.7 Å². The highest BCUT2D eigenvalue weighted by Gasteiger charge is 2.05. The van der Waals surface area contributed by atoms with Crippen LogP contribution in [0.25, 0.3) is 0 Å². The second-order valence-corrected chi connectivity index (χ2v) is 4.68. The number of nitrogens with one attached hydrogen (secondary N) is 1. The number of carbonyl (C=O) groups is 1. The van der Waals surface area contributed by atoms with Crippen LogP contribution in [-0.2, 0) is 6.42 Å². The van der Waals surface area contributed by atoms with Crippen molar-refractivity contribution in [1.82, 2.24) is 10.5 Å². The topological polar surface area (TPSA) is 71.5 Å². The third-order valence-corrected chi connectivity index (χ3v) is 3.06. The molecule has 0 radical (unpaired) electrons. The minimum atomic E-state index is -0.602. The van der Waals surface area contributed by atoms with Crippen LogP contribution in [0.1, 0.15) is 35.7 Å². The van der Waals surface area contributed by atoms with Gasteiger partial charge in [-0.1, -0.05) is 25.5 Å². The maximum atomic E-state index is 11.2. The Morgan fingerprint density at radius 3 is 2.57 bits per heavy atom. The number of carbonyl (C=O) groups excluding carboxylic acids is 1. The van der Waals surface area contributed by atoms with E-state index in [9.17, 15) is 4.79 Å². The molecule has 2 N–H and O–H groups in total. The van der Waals surface area contributed by atoms with Crippen molar-refractivity contribution in [1.29, 1.82) is 0 Å². The molecule has 21 heavy (non-hydrogen) atoms. The number of ether oxygens (including phenoxy) is 1. The number of hydrogen-bond acceptors (Lipinski definition) is 4. The fraction of sp³-hybridized carbons (Fsp3) is 0.250. The summed E-state index contributed by atoms with van der Waals surface area (Å²) in [4.78, 5) is 15.2. The summed E-state index contributed by atoms with van der Waals surface area (Å²) in [6.07, 6.45) is 4.77. The Kier molecular flexibility index (Phi) is 5.29. The molecule has 1 amide bonds. The van der Waals surface area contributed by atoms with E-state index in [2.05, 4.69) is 11.9 Å². The predicted octanol–water partition coefficient (Wildman–Crippen LogP) is 3.34. The SMILES string of the molecule is CCCCc1ccc(Oc2ccc(C(=O)NO)cn2)cc1. The van der Waals surface area contributed by atoms with Crippen LogP contribution >= 0.6 is 0 Å². The molecule has 0 aliphatic rings. The van der Waals surface area contributed by atoms with Gasteiger partial charge in [0, 0.05) is 12.3 Å². The molecule has 2 rings (SSSR count). The predicted molar refractivity (Wildman–Crippen MR) is 78.6 cm³/mol. The molecular weight excluding hydrogens is 268 g/mol. The Labute approximate surface area is 123 Å². The summed E-state index contributed by atoms with van der Waals surface area (Å²) < 4.78 is 5.60. The normalized spacial score (nSPS) is 10.2. The van der Waals surface area contributed by atoms with Crippen molar-refractivity contribution in [3.8, 4) is 11.6 Å². The molecule has 1 aromatic carbocycles. The average Bonchev–Trinajstić information content (AvgIpc) is 2.54. The van der Waals surface area contributed by atoms with Gasteiger partial charge in [0.2, 0.25) is 5.88 Å². The number of aryl methyl sites for hydroxylation is 1. The molecule has 0 atom stereocenters. The maximum absolute atomic E-state index is 11.2. The summed E-state index contributed by atoms with van der Waals surface area (Å²) in [7, 11) is 0. The van der Waals surface area contributed by atoms with Crippen LogP contribution in [0.2, 0.25) is 0 Å². The van der Waals surface area contributed by atoms with Crippen molar-refractivity contribution in [3.05, 3.63) is 53.7 Å². The minimum absolute atomic E-state index is 0.264. The molecule has 1 aromatic heterocycles. The first kappa shape index (κ1) is 15.0. The first-order valence-corrected chi connectivity index (χ1v) is 6.90. The Morgan fingerprint density at radius 2 is 2.00 bits per heavy atom. The number of aromatic nitrogens is 1. The number of rotatable bonds is 6. The van der Waals surface area contributed by atoms with Gasteiger partial charge in [-0.3, -0.25) is 10.0 Å². The zero-order valence-corrected chi connectivity index (χ0v) is 11.9. The fourth-order valence-corrected chi connectivity index (χ4v) is 1.87. The lowest BCUT2D eigenvalue weighted by Gasteiger charge is -2.06. The summed E-state index contributed by atoms with van der Waals surface area (Å²) in [5, 5.41) is 8.52. The van der Waals surface area contributed by atoms with Crippen LogP contribution in [0.3, 0.4) is 0 Å². The highest BCUT2D eigenvalue weighted by Crippen LogP contribution is 2.20. The van der Waals surface area contributed by atoms with Gasteiger partial charge in [0.15, 0.2) is 0 Å². The zero-order chi connectivity index (χ0) is 15.1. The molecule has 5 heteroatoms. The van der Waals surface area contributed by atoms with E-state index in [0.29, 0.717) is 11.6 Å². The Balaban J connectivity index is 1.99. The number of benzene rings is 1. The van der Waals surface area contributed by atoms with Crippen LogP contribution in [-0.4, -0.2) is 16.1 Å². The van der Waals surface area contributed by atoms with Gasteiger partial charge in [-0.2, -0.15) is 0 Å². The number of nitrogens with zero attached hydrogens (tertiary/aromatic N) is 1. The Hall–Kier alpha value is -2.40. The van der Waals surface area contributed by atoms with Gasteiger partial charge in [-0.25, -0.2) is 10.5 Å². The molecule has 0 saturated carbocycles. The van der Waals surface area contributed by atoms with Crippen LogP contribution in [0.4, 0.5) is 0 Å². The third-order valence-electron chi connectivity index (χ3n) is 3.06. The smallest absolute Gasteiger partial charge is 0.276 e. The molecule has 1 heterocycles. The summed E-state index contributed by atoms with van der Waals surface area (Å²) in [5.74, 6) is 0.488. The molecule has 5 nitrogen and oxygen atoms in total. The highest BCUT2D eigenvalue weighted by atomic mass is 16.5. The molecule has 110 valence electrons. The van der Waals surface area contributed by atoms with Crippen molar-refractivity contribution in [2.75, 3.05) is 0 Å². The van der Waals surface area contributed by atoms with E-state index in [0.717, 1.165) is 6.42 Å². The minimum Gasteiger partial charge on any atom is -0.439 e. The van der Waals surface area contributed by atoms with E-state index in [1.807, 2.05) is 24.3 Å². The van der Waals surface area contributed by atoms with Crippen molar-refractivity contribution in [3.63, 3.8) is 0 Å². The summed E-state index contributed by atoms with van der Waals surface area (Å²) in [6, 6.07) is 11.0. The zero-order valence-electron chi connectivity index (χ0n) is 11.9. The molecule has 0 saturated heterocycles. The molecule has 0 aliphatic carbocycles. The first-order valence-electron chi connectivity index (χ1n) is 6.90. The van der Waals surface area contributed by atoms with Gasteiger partial charge in [0.1, 0.15) is 5.75 Å². The van der Waals surface area contributed by atoms with Gasteiger partial charge < -0.3 is 4.74 Å². The van der Waals surface area contributed by atoms with Crippen LogP contribution < -0.4 is 10.2 Å². The maximum Gasteiger partial charge on any atom is 0.276 e. The van der Waals surface area contributed by atoms with Crippen molar-refractivity contribution in [2.24, 2.45) is 0 Å². The molecule has 0 unspecified atom stereocenters. The Bertz CT molecular complexity index is 579. The van der Waals surface area contributed by atoms with Crippen molar-refractivity contribution in [2.45, 2.75) is 26.2 Å². The quantitative estimate of drug-likeness (QED) is 0.631. The van der Waals surface area contributed by atoms with Crippen LogP contribution in [0, 0.1) is 0 Å². The molecule has 0 aliphatic heterocycles. The number of hydroxylamine groups is 1. The molecule has 0 spiro atoms. The van der Waals surface area contributed by atoms with Gasteiger partial charge >= 0.3 is 0 Å². The first-order chi connectivity index (χ1) is 10.2. The van der Waals surface area contributed by atoms with Gasteiger partial charge in [-0.05, 0) is 36.6 Å². The number of pyridine rings is 1. The second-order valence-electron chi connectivity index (χ2n) is 4.68. The summed E-state index contributed by atoms with van der Waals surface area (Å²) in [6.45, 7) is 2.17. The fourth-order valence-electron chi connectivity index (χ4n) is 1.87. The Morgan fingerprint density at radius 1 is 1.24 bits per heavy atom. The van der Waals surface area contributed by atoms with E-state index in [-0.39, 0.29) is 5.56 Å². The number of hydrogen-bond donors (Lipinski definition) is 2. The number of amides is 1. The molecule has 0 bridgehead atoms. The highest BCUT2D eigenvalue weighted by molar-refractivity contribution is 5.92. The van der Waals surface area contributed by atoms with E-state index in [1.165, 1.54) is 30.7 Å². The van der Waals surface area contributed by atoms with E-state index < -0.39 is 5.91 Å². The van der Waals surface area contributed by atoms with Gasteiger partial charge in [0.05, 0.1) is 5.56 Å². The van der Waals surface area contributed by atoms with Gasteiger partial charge in [-0.15, -0.1) is 0 Å². The van der Waals surface area contributed by atoms with Crippen LogP contribution in [0.15, 0.2) is 42.6 Å². The van der Waals surface area contributed by atoms with E-state index >= 15 is 0 Å². The van der Waals surface area contributed by atoms with Crippen molar-refractivity contribution >= 4 is 5.91 Å². The average molecular weight is 286 g/mol. The second kappa shape index (κ2) is 7.40. The monoisotopic (exact) mass is 286 g/mol. The standard InChI is InChI=1S/C16H18N2O3/c1-2-3-4-12-5-8-14(9-6-12)21-15-10-7-13(11-17-15)16(19)18-20/h5-11,20H,2-4H2,1H3,(H,18,19). The lowest BCUT2D eigenvalue weighted by molar-refractivity contribution is 0.0706. The van der Waals surface area contributed by atoms with E-state index in [1.54, 1.807) is 11.5 Å². The summed E-state index contributed by atoms with van der Waals surface area (Å²) in [5.41, 5.74) is 3.10. The largest absolute Gasteiger partial charge is 0.439 e. The lowest BCUT2D eigenvalue weighted by Crippen LogP contribution is -2.18. The third kappa shape index (κ3) is 4.29. The molecular formula is C16H18N2O3. The van der Waals surface area contributed by atoms with Crippen LogP contribution in [0.5, 0.6) is 11.6 Å². The van der Waals surface area contributed by atoms with Gasteiger partial charge in [0.25, 0.3) is 5.91 Å². The van der Waals surface area contributed by atoms with E-state index in [4.69, 9.17) is 9.94 Å². The summed E-state index contributed by atoms with van der Waals surface area (Å²) >= 11 is 0. The number of unbranched alkanes of at least 4 members (excludes halogenated alkanes) is 1. The molecule has 2 aromatic rings. The molecule has 0 fully saturated rings. The lowest BCUT2D eigenvalue weighted by atomic mass is 10.1.